The van der Waals surface area contributed by atoms with Crippen molar-refractivity contribution in [3.05, 3.63) is 42.0 Å². The molecule has 0 spiro atoms. The summed E-state index contributed by atoms with van der Waals surface area (Å²) in [5.41, 5.74) is 2.43. The Bertz CT molecular complexity index is 524. The minimum Gasteiger partial charge on any atom is -0.383 e. The zero-order chi connectivity index (χ0) is 13.7. The predicted molar refractivity (Wildman–Crippen MR) is 75.3 cm³/mol. The first-order valence-corrected chi connectivity index (χ1v) is 6.37. The normalized spacial score (nSPS) is 12.4. The van der Waals surface area contributed by atoms with Gasteiger partial charge in [-0.2, -0.15) is 0 Å². The summed E-state index contributed by atoms with van der Waals surface area (Å²) in [6.07, 6.45) is 7.48. The Kier molecular flexibility index (Phi) is 4.52. The maximum Gasteiger partial charge on any atom is 0.203 e. The fraction of sp³-hybridized carbons (Fsp3) is 0.429. The van der Waals surface area contributed by atoms with Gasteiger partial charge in [-0.1, -0.05) is 0 Å². The summed E-state index contributed by atoms with van der Waals surface area (Å²) in [4.78, 5) is 8.51. The van der Waals surface area contributed by atoms with Crippen molar-refractivity contribution < 1.29 is 4.74 Å². The number of ether oxygens (including phenoxy) is 1. The molecular weight excluding hydrogens is 240 g/mol. The fourth-order valence-electron chi connectivity index (χ4n) is 1.93. The summed E-state index contributed by atoms with van der Waals surface area (Å²) < 4.78 is 7.20. The van der Waals surface area contributed by atoms with Gasteiger partial charge in [-0.15, -0.1) is 0 Å². The van der Waals surface area contributed by atoms with Crippen LogP contribution in [0.1, 0.15) is 18.1 Å². The van der Waals surface area contributed by atoms with Crippen molar-refractivity contribution >= 4 is 5.95 Å². The van der Waals surface area contributed by atoms with Gasteiger partial charge < -0.3 is 14.6 Å². The molecule has 0 amide bonds. The second-order valence-electron chi connectivity index (χ2n) is 4.68. The maximum absolute atomic E-state index is 5.12. The van der Waals surface area contributed by atoms with Crippen molar-refractivity contribution in [1.29, 1.82) is 0 Å². The summed E-state index contributed by atoms with van der Waals surface area (Å²) in [6.45, 7) is 5.58. The third-order valence-corrected chi connectivity index (χ3v) is 3.00. The van der Waals surface area contributed by atoms with Gasteiger partial charge >= 0.3 is 0 Å². The third-order valence-electron chi connectivity index (χ3n) is 3.00. The number of hydrogen-bond donors (Lipinski definition) is 1. The monoisotopic (exact) mass is 260 g/mol. The summed E-state index contributed by atoms with van der Waals surface area (Å²) in [5.74, 6) is 0.854. The number of methoxy groups -OCH3 is 1. The van der Waals surface area contributed by atoms with Crippen LogP contribution < -0.4 is 5.32 Å². The number of pyridine rings is 1. The smallest absolute Gasteiger partial charge is 0.203 e. The van der Waals surface area contributed by atoms with Gasteiger partial charge in [0, 0.05) is 37.9 Å². The van der Waals surface area contributed by atoms with Crippen LogP contribution in [0.5, 0.6) is 0 Å². The van der Waals surface area contributed by atoms with E-state index in [0.29, 0.717) is 6.61 Å². The lowest BCUT2D eigenvalue weighted by Crippen LogP contribution is -2.23. The van der Waals surface area contributed by atoms with Gasteiger partial charge in [0.15, 0.2) is 0 Å². The Morgan fingerprint density at radius 3 is 3.00 bits per heavy atom. The molecular formula is C14H20N4O. The van der Waals surface area contributed by atoms with Crippen molar-refractivity contribution in [3.63, 3.8) is 0 Å². The molecule has 0 aromatic carbocycles. The summed E-state index contributed by atoms with van der Waals surface area (Å²) in [5, 5.41) is 3.34. The lowest BCUT2D eigenvalue weighted by atomic mass is 10.1. The Hall–Kier alpha value is -1.88. The molecule has 0 aliphatic heterocycles. The first kappa shape index (κ1) is 13.5. The third kappa shape index (κ3) is 3.54. The fourth-order valence-corrected chi connectivity index (χ4v) is 1.93. The molecule has 0 radical (unpaired) electrons. The molecule has 1 N–H and O–H groups in total. The van der Waals surface area contributed by atoms with Crippen LogP contribution in [-0.4, -0.2) is 34.3 Å². The van der Waals surface area contributed by atoms with E-state index in [9.17, 15) is 0 Å². The van der Waals surface area contributed by atoms with Gasteiger partial charge in [0.25, 0.3) is 0 Å². The number of imidazole rings is 1. The highest BCUT2D eigenvalue weighted by Crippen LogP contribution is 2.12. The van der Waals surface area contributed by atoms with E-state index in [1.807, 2.05) is 24.7 Å². The highest BCUT2D eigenvalue weighted by atomic mass is 16.5. The van der Waals surface area contributed by atoms with Crippen LogP contribution in [0.25, 0.3) is 0 Å². The number of hydrogen-bond acceptors (Lipinski definition) is 4. The largest absolute Gasteiger partial charge is 0.383 e. The average Bonchev–Trinajstić information content (AvgIpc) is 2.80. The highest BCUT2D eigenvalue weighted by molar-refractivity contribution is 5.30. The second-order valence-corrected chi connectivity index (χ2v) is 4.68. The zero-order valence-electron chi connectivity index (χ0n) is 11.6. The Labute approximate surface area is 113 Å². The first-order valence-electron chi connectivity index (χ1n) is 6.37. The number of nitrogens with zero attached hydrogens (tertiary/aromatic N) is 3. The molecule has 1 atom stereocenters. The van der Waals surface area contributed by atoms with Crippen LogP contribution in [0.2, 0.25) is 0 Å². The Balaban J connectivity index is 2.10. The Morgan fingerprint density at radius 2 is 2.26 bits per heavy atom. The van der Waals surface area contributed by atoms with E-state index < -0.39 is 0 Å². The van der Waals surface area contributed by atoms with E-state index in [1.165, 1.54) is 11.1 Å². The molecule has 5 heteroatoms. The second kappa shape index (κ2) is 6.33. The van der Waals surface area contributed by atoms with Gasteiger partial charge in [0.05, 0.1) is 13.2 Å². The molecule has 102 valence electrons. The molecule has 2 aromatic rings. The van der Waals surface area contributed by atoms with E-state index in [0.717, 1.165) is 12.5 Å². The van der Waals surface area contributed by atoms with Crippen LogP contribution >= 0.6 is 0 Å². The molecule has 0 saturated carbocycles. The van der Waals surface area contributed by atoms with Crippen molar-refractivity contribution in [1.82, 2.24) is 14.5 Å². The summed E-state index contributed by atoms with van der Waals surface area (Å²) in [7, 11) is 1.70. The van der Waals surface area contributed by atoms with Crippen molar-refractivity contribution in [2.24, 2.45) is 0 Å². The lowest BCUT2D eigenvalue weighted by Gasteiger charge is -2.15. The van der Waals surface area contributed by atoms with Gasteiger partial charge in [0.2, 0.25) is 5.95 Å². The zero-order valence-corrected chi connectivity index (χ0v) is 11.6. The van der Waals surface area contributed by atoms with E-state index in [-0.39, 0.29) is 6.04 Å². The SMILES string of the molecule is COCC(C)Nc1nccn1Cc1cnccc1C. The minimum absolute atomic E-state index is 0.223. The molecule has 0 aliphatic rings. The predicted octanol–water partition coefficient (Wildman–Crippen LogP) is 2.08. The summed E-state index contributed by atoms with van der Waals surface area (Å²) in [6, 6.07) is 2.24. The average molecular weight is 260 g/mol. The molecule has 5 nitrogen and oxygen atoms in total. The first-order chi connectivity index (χ1) is 9.20. The molecule has 2 heterocycles. The van der Waals surface area contributed by atoms with Gasteiger partial charge in [-0.3, -0.25) is 4.98 Å². The highest BCUT2D eigenvalue weighted by Gasteiger charge is 2.08. The van der Waals surface area contributed by atoms with Crippen molar-refractivity contribution in [3.8, 4) is 0 Å². The van der Waals surface area contributed by atoms with Gasteiger partial charge in [0.1, 0.15) is 0 Å². The van der Waals surface area contributed by atoms with E-state index in [2.05, 4.69) is 33.7 Å². The number of rotatable bonds is 6. The standard InChI is InChI=1S/C14H20N4O/c1-11-4-5-15-8-13(11)9-18-7-6-16-14(18)17-12(2)10-19-3/h4-8,12H,9-10H2,1-3H3,(H,16,17). The molecule has 0 fully saturated rings. The number of aromatic nitrogens is 3. The quantitative estimate of drug-likeness (QED) is 0.864. The molecule has 0 aliphatic carbocycles. The van der Waals surface area contributed by atoms with Crippen LogP contribution in [0, 0.1) is 6.92 Å². The number of nitrogens with one attached hydrogen (secondary N) is 1. The number of aryl methyl sites for hydroxylation is 1. The number of anilines is 1. The molecule has 2 aromatic heterocycles. The molecule has 19 heavy (non-hydrogen) atoms. The van der Waals surface area contributed by atoms with E-state index in [4.69, 9.17) is 4.74 Å². The van der Waals surface area contributed by atoms with Crippen LogP contribution in [-0.2, 0) is 11.3 Å². The maximum atomic E-state index is 5.12. The summed E-state index contributed by atoms with van der Waals surface area (Å²) >= 11 is 0. The van der Waals surface area contributed by atoms with Crippen LogP contribution in [0.15, 0.2) is 30.9 Å². The van der Waals surface area contributed by atoms with Crippen molar-refractivity contribution in [2.75, 3.05) is 19.0 Å². The minimum atomic E-state index is 0.223. The topological polar surface area (TPSA) is 52.0 Å². The van der Waals surface area contributed by atoms with Gasteiger partial charge in [-0.05, 0) is 31.0 Å². The van der Waals surface area contributed by atoms with Crippen LogP contribution in [0.3, 0.4) is 0 Å². The van der Waals surface area contributed by atoms with E-state index in [1.54, 1.807) is 13.3 Å². The molecule has 1 unspecified atom stereocenters. The Morgan fingerprint density at radius 1 is 1.42 bits per heavy atom. The molecule has 2 rings (SSSR count). The van der Waals surface area contributed by atoms with Crippen LogP contribution in [0.4, 0.5) is 5.95 Å². The molecule has 0 saturated heterocycles. The molecule has 0 bridgehead atoms. The lowest BCUT2D eigenvalue weighted by molar-refractivity contribution is 0.190. The van der Waals surface area contributed by atoms with Gasteiger partial charge in [-0.25, -0.2) is 4.98 Å². The van der Waals surface area contributed by atoms with E-state index >= 15 is 0 Å². The van der Waals surface area contributed by atoms with Crippen molar-refractivity contribution in [2.45, 2.75) is 26.4 Å².